The van der Waals surface area contributed by atoms with Crippen molar-refractivity contribution in [1.29, 1.82) is 0 Å². The van der Waals surface area contributed by atoms with Gasteiger partial charge in [0.15, 0.2) is 0 Å². The topological polar surface area (TPSA) is 0 Å². The Hall–Kier alpha value is -6.50. The van der Waals surface area contributed by atoms with Crippen LogP contribution in [-0.4, -0.2) is 0 Å². The van der Waals surface area contributed by atoms with Crippen LogP contribution in [0.4, 0.5) is 0 Å². The predicted octanol–water partition coefficient (Wildman–Crippen LogP) is 14.7. The van der Waals surface area contributed by atoms with Gasteiger partial charge in [0.05, 0.1) is 0 Å². The Morgan fingerprint density at radius 1 is 0.302 bits per heavy atom. The molecule has 0 fully saturated rings. The maximum Gasteiger partial charge on any atom is 0.0165 e. The number of benzene rings is 10. The van der Waals surface area contributed by atoms with Crippen LogP contribution in [0.1, 0.15) is 25.0 Å². The van der Waals surface area contributed by atoms with E-state index in [1.54, 1.807) is 0 Å². The van der Waals surface area contributed by atoms with Crippen LogP contribution in [0.15, 0.2) is 182 Å². The van der Waals surface area contributed by atoms with Crippen LogP contribution < -0.4 is 0 Å². The fourth-order valence-electron chi connectivity index (χ4n) is 9.53. The van der Waals surface area contributed by atoms with Gasteiger partial charge >= 0.3 is 0 Å². The number of hydrogen-bond acceptors (Lipinski definition) is 0. The summed E-state index contributed by atoms with van der Waals surface area (Å²) < 4.78 is 0. The highest BCUT2D eigenvalue weighted by Crippen LogP contribution is 2.52. The first-order valence-corrected chi connectivity index (χ1v) is 18.7. The molecule has 0 nitrogen and oxygen atoms in total. The summed E-state index contributed by atoms with van der Waals surface area (Å²) >= 11 is 0. The van der Waals surface area contributed by atoms with Crippen molar-refractivity contribution >= 4 is 43.1 Å². The van der Waals surface area contributed by atoms with E-state index in [0.29, 0.717) is 0 Å². The molecule has 0 aromatic heterocycles. The third-order valence-corrected chi connectivity index (χ3v) is 12.0. The minimum atomic E-state index is -0.0428. The zero-order valence-electron chi connectivity index (χ0n) is 29.8. The molecule has 1 aliphatic carbocycles. The van der Waals surface area contributed by atoms with Crippen molar-refractivity contribution in [2.75, 3.05) is 0 Å². The molecular weight excluding hydrogens is 637 g/mol. The van der Waals surface area contributed by atoms with E-state index >= 15 is 0 Å². The third-order valence-electron chi connectivity index (χ3n) is 12.0. The molecule has 0 N–H and O–H groups in total. The Kier molecular flexibility index (Phi) is 6.40. The Morgan fingerprint density at radius 2 is 0.811 bits per heavy atom. The molecule has 0 heteroatoms. The van der Waals surface area contributed by atoms with Crippen LogP contribution in [0.3, 0.4) is 0 Å². The molecule has 10 aromatic carbocycles. The molecule has 0 saturated heterocycles. The molecule has 0 bridgehead atoms. The largest absolute Gasteiger partial charge is 0.0622 e. The van der Waals surface area contributed by atoms with Gasteiger partial charge in [0.25, 0.3) is 0 Å². The first-order chi connectivity index (χ1) is 26.0. The average molecular weight is 673 g/mol. The number of hydrogen-bond donors (Lipinski definition) is 0. The molecule has 248 valence electrons. The summed E-state index contributed by atoms with van der Waals surface area (Å²) in [5.74, 6) is 0. The van der Waals surface area contributed by atoms with Gasteiger partial charge in [-0.15, -0.1) is 0 Å². The molecule has 0 aliphatic heterocycles. The zero-order valence-corrected chi connectivity index (χ0v) is 29.8. The monoisotopic (exact) mass is 672 g/mol. The van der Waals surface area contributed by atoms with Gasteiger partial charge in [-0.1, -0.05) is 184 Å². The van der Waals surface area contributed by atoms with Crippen LogP contribution in [0.5, 0.6) is 0 Å². The smallest absolute Gasteiger partial charge is 0.0165 e. The molecule has 0 heterocycles. The van der Waals surface area contributed by atoms with E-state index in [1.807, 2.05) is 0 Å². The second kappa shape index (κ2) is 11.2. The lowest BCUT2D eigenvalue weighted by Crippen LogP contribution is -2.15. The van der Waals surface area contributed by atoms with Crippen LogP contribution in [0.25, 0.3) is 98.7 Å². The molecule has 0 atom stereocenters. The van der Waals surface area contributed by atoms with Gasteiger partial charge in [0, 0.05) is 5.41 Å². The summed E-state index contributed by atoms with van der Waals surface area (Å²) in [4.78, 5) is 0. The highest BCUT2D eigenvalue weighted by Gasteiger charge is 2.36. The van der Waals surface area contributed by atoms with Crippen molar-refractivity contribution < 1.29 is 0 Å². The van der Waals surface area contributed by atoms with E-state index in [-0.39, 0.29) is 5.41 Å². The van der Waals surface area contributed by atoms with Crippen LogP contribution >= 0.6 is 0 Å². The van der Waals surface area contributed by atoms with Gasteiger partial charge in [0.1, 0.15) is 0 Å². The van der Waals surface area contributed by atoms with Crippen molar-refractivity contribution in [1.82, 2.24) is 0 Å². The molecule has 10 aromatic rings. The van der Waals surface area contributed by atoms with E-state index in [4.69, 9.17) is 0 Å². The van der Waals surface area contributed by atoms with E-state index in [0.717, 1.165) is 0 Å². The minimum absolute atomic E-state index is 0.0428. The van der Waals surface area contributed by atoms with Gasteiger partial charge in [-0.05, 0) is 122 Å². The Morgan fingerprint density at radius 3 is 1.55 bits per heavy atom. The first kappa shape index (κ1) is 30.2. The fraction of sp³-hybridized carbons (Fsp3) is 0.0566. The van der Waals surface area contributed by atoms with Crippen molar-refractivity contribution in [2.24, 2.45) is 0 Å². The zero-order chi connectivity index (χ0) is 35.3. The Balaban J connectivity index is 1.09. The van der Waals surface area contributed by atoms with Crippen LogP contribution in [-0.2, 0) is 5.41 Å². The molecule has 1 aliphatic rings. The second-order valence-electron chi connectivity index (χ2n) is 15.2. The molecule has 0 saturated carbocycles. The number of rotatable bonds is 4. The minimum Gasteiger partial charge on any atom is -0.0622 e. The van der Waals surface area contributed by atoms with E-state index in [2.05, 4.69) is 196 Å². The summed E-state index contributed by atoms with van der Waals surface area (Å²) in [6.07, 6.45) is 0. The van der Waals surface area contributed by atoms with Crippen molar-refractivity contribution in [3.63, 3.8) is 0 Å². The Labute approximate surface area is 310 Å². The van der Waals surface area contributed by atoms with Gasteiger partial charge < -0.3 is 0 Å². The summed E-state index contributed by atoms with van der Waals surface area (Å²) in [6.45, 7) is 4.74. The van der Waals surface area contributed by atoms with E-state index < -0.39 is 0 Å². The fourth-order valence-corrected chi connectivity index (χ4v) is 9.53. The molecule has 0 radical (unpaired) electrons. The van der Waals surface area contributed by atoms with E-state index in [9.17, 15) is 0 Å². The molecule has 0 spiro atoms. The Bertz CT molecular complexity index is 3060. The van der Waals surface area contributed by atoms with Crippen molar-refractivity contribution in [3.8, 4) is 55.6 Å². The highest BCUT2D eigenvalue weighted by molar-refractivity contribution is 6.28. The molecular formula is C53H36. The first-order valence-electron chi connectivity index (χ1n) is 18.7. The van der Waals surface area contributed by atoms with Gasteiger partial charge in [0.2, 0.25) is 0 Å². The summed E-state index contributed by atoms with van der Waals surface area (Å²) in [7, 11) is 0. The SMILES string of the molecule is CC1(C)c2ccccc2-c2ccc3cc(-c4ccc(-c5ccc6ccc7c(-c8ccccc8)ccc8ccc5c6c87)c(-c5ccccc5)c4)ccc3c21. The lowest BCUT2D eigenvalue weighted by atomic mass is 9.80. The second-order valence-corrected chi connectivity index (χ2v) is 15.2. The molecule has 0 amide bonds. The summed E-state index contributed by atoms with van der Waals surface area (Å²) in [5.41, 5.74) is 15.5. The summed E-state index contributed by atoms with van der Waals surface area (Å²) in [5, 5.41) is 10.5. The van der Waals surface area contributed by atoms with Gasteiger partial charge in [-0.3, -0.25) is 0 Å². The maximum absolute atomic E-state index is 2.41. The van der Waals surface area contributed by atoms with Crippen LogP contribution in [0, 0.1) is 0 Å². The van der Waals surface area contributed by atoms with Gasteiger partial charge in [-0.25, -0.2) is 0 Å². The standard InChI is InChI=1S/C53H36/c1-53(2)49-16-10-9-15-44(49)47-30-23-39-31-37(21-25-41(39)52(47)53)38-22-27-43(48(32-38)34-13-7-4-8-14-34)42-26-18-36-19-28-45-40(33-11-5-3-6-12-33)24-17-35-20-29-46(42)51(36)50(35)45/h3-32H,1-2H3. The lowest BCUT2D eigenvalue weighted by Gasteiger charge is -2.23. The lowest BCUT2D eigenvalue weighted by molar-refractivity contribution is 0.666. The normalized spacial score (nSPS) is 13.2. The third kappa shape index (κ3) is 4.42. The van der Waals surface area contributed by atoms with Crippen LogP contribution in [0.2, 0.25) is 0 Å². The van der Waals surface area contributed by atoms with E-state index in [1.165, 1.54) is 110 Å². The quantitative estimate of drug-likeness (QED) is 0.163. The van der Waals surface area contributed by atoms with Crippen molar-refractivity contribution in [2.45, 2.75) is 19.3 Å². The average Bonchev–Trinajstić information content (AvgIpc) is 3.46. The number of fused-ring (bicyclic) bond motifs is 5. The van der Waals surface area contributed by atoms with Crippen molar-refractivity contribution in [3.05, 3.63) is 193 Å². The molecule has 53 heavy (non-hydrogen) atoms. The highest BCUT2D eigenvalue weighted by atomic mass is 14.4. The maximum atomic E-state index is 2.41. The molecule has 11 rings (SSSR count). The summed E-state index contributed by atoms with van der Waals surface area (Å²) in [6, 6.07) is 67.9. The van der Waals surface area contributed by atoms with Gasteiger partial charge in [-0.2, -0.15) is 0 Å². The predicted molar refractivity (Wildman–Crippen MR) is 227 cm³/mol. The molecule has 0 unspecified atom stereocenters.